The van der Waals surface area contributed by atoms with E-state index in [0.717, 1.165) is 19.5 Å². The molecule has 3 atom stereocenters. The van der Waals surface area contributed by atoms with Gasteiger partial charge < -0.3 is 5.73 Å². The number of hydrogen-bond acceptors (Lipinski definition) is 4. The van der Waals surface area contributed by atoms with Crippen LogP contribution in [0, 0.1) is 22.0 Å². The third kappa shape index (κ3) is 2.91. The van der Waals surface area contributed by atoms with Crippen LogP contribution in [0.15, 0.2) is 18.2 Å². The molecule has 0 bridgehead atoms. The quantitative estimate of drug-likeness (QED) is 0.688. The maximum Gasteiger partial charge on any atom is 0.275 e. The molecule has 1 aliphatic carbocycles. The number of nitro groups is 1. The molecule has 1 saturated carbocycles. The van der Waals surface area contributed by atoms with Crippen molar-refractivity contribution in [2.45, 2.75) is 31.8 Å². The number of nitrogens with zero attached hydrogens (tertiary/aromatic N) is 2. The van der Waals surface area contributed by atoms with Gasteiger partial charge in [0.25, 0.3) is 5.69 Å². The lowest BCUT2D eigenvalue weighted by Gasteiger charge is -2.29. The fourth-order valence-corrected chi connectivity index (χ4v) is 4.07. The molecule has 21 heavy (non-hydrogen) atoms. The number of hydrogen-bond donors (Lipinski definition) is 1. The third-order valence-corrected chi connectivity index (χ3v) is 5.26. The molecule has 3 unspecified atom stereocenters. The van der Waals surface area contributed by atoms with Gasteiger partial charge in [-0.3, -0.25) is 15.0 Å². The summed E-state index contributed by atoms with van der Waals surface area (Å²) in [6, 6.07) is 5.15. The second-order valence-corrected chi connectivity index (χ2v) is 6.61. The number of nitro benzene ring substituents is 1. The van der Waals surface area contributed by atoms with Crippen LogP contribution < -0.4 is 5.73 Å². The van der Waals surface area contributed by atoms with Gasteiger partial charge in [0.2, 0.25) is 0 Å². The molecule has 5 nitrogen and oxygen atoms in total. The minimum atomic E-state index is -0.351. The normalized spacial score (nSPS) is 29.3. The van der Waals surface area contributed by atoms with Crippen molar-refractivity contribution in [2.75, 3.05) is 13.1 Å². The zero-order valence-electron chi connectivity index (χ0n) is 11.9. The minimum Gasteiger partial charge on any atom is -0.327 e. The Morgan fingerprint density at radius 3 is 2.90 bits per heavy atom. The Balaban J connectivity index is 1.78. The van der Waals surface area contributed by atoms with E-state index in [1.807, 2.05) is 0 Å². The summed E-state index contributed by atoms with van der Waals surface area (Å²) in [6.45, 7) is 2.44. The van der Waals surface area contributed by atoms with Gasteiger partial charge >= 0.3 is 0 Å². The molecule has 0 aromatic heterocycles. The van der Waals surface area contributed by atoms with Crippen LogP contribution in [0.2, 0.25) is 5.02 Å². The predicted molar refractivity (Wildman–Crippen MR) is 82.2 cm³/mol. The van der Waals surface area contributed by atoms with Gasteiger partial charge in [0.05, 0.1) is 15.5 Å². The summed E-state index contributed by atoms with van der Waals surface area (Å²) in [4.78, 5) is 13.1. The van der Waals surface area contributed by atoms with Crippen LogP contribution in [0.3, 0.4) is 0 Å². The lowest BCUT2D eigenvalue weighted by atomic mass is 9.78. The average molecular weight is 310 g/mol. The molecule has 1 aromatic rings. The second-order valence-electron chi connectivity index (χ2n) is 6.21. The summed E-state index contributed by atoms with van der Waals surface area (Å²) in [6.07, 6.45) is 3.52. The first-order valence-electron chi connectivity index (χ1n) is 7.46. The van der Waals surface area contributed by atoms with Crippen molar-refractivity contribution in [1.29, 1.82) is 0 Å². The molecule has 0 radical (unpaired) electrons. The monoisotopic (exact) mass is 309 g/mol. The maximum atomic E-state index is 11.2. The van der Waals surface area contributed by atoms with Crippen molar-refractivity contribution in [3.8, 4) is 0 Å². The molecule has 2 aliphatic rings. The van der Waals surface area contributed by atoms with Gasteiger partial charge in [0.1, 0.15) is 0 Å². The highest BCUT2D eigenvalue weighted by molar-refractivity contribution is 6.31. The highest BCUT2D eigenvalue weighted by Gasteiger charge is 2.39. The largest absolute Gasteiger partial charge is 0.327 e. The van der Waals surface area contributed by atoms with Crippen molar-refractivity contribution in [3.63, 3.8) is 0 Å². The van der Waals surface area contributed by atoms with Gasteiger partial charge in [-0.15, -0.1) is 0 Å². The summed E-state index contributed by atoms with van der Waals surface area (Å²) < 4.78 is 0. The van der Waals surface area contributed by atoms with E-state index in [4.69, 9.17) is 17.3 Å². The van der Waals surface area contributed by atoms with Crippen LogP contribution in [-0.2, 0) is 6.54 Å². The molecule has 1 saturated heterocycles. The zero-order chi connectivity index (χ0) is 15.0. The van der Waals surface area contributed by atoms with E-state index in [1.54, 1.807) is 12.1 Å². The van der Waals surface area contributed by atoms with Crippen molar-refractivity contribution in [1.82, 2.24) is 4.90 Å². The molecule has 0 amide bonds. The second kappa shape index (κ2) is 5.91. The first kappa shape index (κ1) is 14.8. The predicted octanol–water partition coefficient (Wildman–Crippen LogP) is 2.81. The fourth-order valence-electron chi connectivity index (χ4n) is 3.84. The lowest BCUT2D eigenvalue weighted by Crippen LogP contribution is -2.38. The Kier molecular flexibility index (Phi) is 4.15. The van der Waals surface area contributed by atoms with Crippen LogP contribution in [0.5, 0.6) is 0 Å². The fraction of sp³-hybridized carbons (Fsp3) is 0.600. The highest BCUT2D eigenvalue weighted by Crippen LogP contribution is 2.37. The van der Waals surface area contributed by atoms with Gasteiger partial charge in [-0.2, -0.15) is 0 Å². The van der Waals surface area contributed by atoms with Gasteiger partial charge in [-0.25, -0.2) is 0 Å². The van der Waals surface area contributed by atoms with Gasteiger partial charge in [-0.05, 0) is 30.7 Å². The Bertz CT molecular complexity index is 552. The number of benzene rings is 1. The van der Waals surface area contributed by atoms with Crippen molar-refractivity contribution >= 4 is 17.3 Å². The molecular formula is C15H20ClN3O2. The van der Waals surface area contributed by atoms with Crippen LogP contribution >= 0.6 is 11.6 Å². The van der Waals surface area contributed by atoms with Crippen LogP contribution in [0.4, 0.5) is 5.69 Å². The van der Waals surface area contributed by atoms with E-state index in [0.29, 0.717) is 29.0 Å². The molecule has 2 N–H and O–H groups in total. The molecule has 1 aliphatic heterocycles. The summed E-state index contributed by atoms with van der Waals surface area (Å²) in [5.41, 5.74) is 6.96. The molecule has 1 heterocycles. The summed E-state index contributed by atoms with van der Waals surface area (Å²) in [7, 11) is 0. The van der Waals surface area contributed by atoms with Gasteiger partial charge in [-0.1, -0.05) is 24.1 Å². The average Bonchev–Trinajstić information content (AvgIpc) is 2.85. The molecular weight excluding hydrogens is 290 g/mol. The highest BCUT2D eigenvalue weighted by atomic mass is 35.5. The summed E-state index contributed by atoms with van der Waals surface area (Å²) in [5.74, 6) is 1.16. The van der Waals surface area contributed by atoms with E-state index < -0.39 is 0 Å². The molecule has 114 valence electrons. The van der Waals surface area contributed by atoms with Crippen LogP contribution in [0.1, 0.15) is 24.8 Å². The van der Waals surface area contributed by atoms with E-state index in [1.165, 1.54) is 18.9 Å². The standard InChI is InChI=1S/C15H20ClN3O2/c16-13-4-2-6-15(19(20)21)12(13)9-18-7-10-3-1-5-14(17)11(10)8-18/h2,4,6,10-11,14H,1,3,5,7-9,17H2. The molecule has 3 rings (SSSR count). The van der Waals surface area contributed by atoms with E-state index in [2.05, 4.69) is 4.90 Å². The van der Waals surface area contributed by atoms with Crippen LogP contribution in [-0.4, -0.2) is 29.0 Å². The Morgan fingerprint density at radius 1 is 1.38 bits per heavy atom. The number of likely N-dealkylation sites (tertiary alicyclic amines) is 1. The topological polar surface area (TPSA) is 72.4 Å². The molecule has 2 fully saturated rings. The van der Waals surface area contributed by atoms with Crippen molar-refractivity contribution in [3.05, 3.63) is 38.9 Å². The van der Waals surface area contributed by atoms with Crippen LogP contribution in [0.25, 0.3) is 0 Å². The first-order valence-corrected chi connectivity index (χ1v) is 7.83. The molecule has 6 heteroatoms. The lowest BCUT2D eigenvalue weighted by molar-refractivity contribution is -0.385. The SMILES string of the molecule is NC1CCCC2CN(Cc3c(Cl)cccc3[N+](=O)[O-])CC12. The van der Waals surface area contributed by atoms with Gasteiger partial charge in [0.15, 0.2) is 0 Å². The van der Waals surface area contributed by atoms with E-state index >= 15 is 0 Å². The van der Waals surface area contributed by atoms with Crippen molar-refractivity contribution < 1.29 is 4.92 Å². The number of halogens is 1. The number of rotatable bonds is 3. The number of fused-ring (bicyclic) bond motifs is 1. The van der Waals surface area contributed by atoms with E-state index in [9.17, 15) is 10.1 Å². The van der Waals surface area contributed by atoms with Gasteiger partial charge in [0, 0.05) is 31.7 Å². The van der Waals surface area contributed by atoms with E-state index in [-0.39, 0.29) is 16.7 Å². The first-order chi connectivity index (χ1) is 10.1. The summed E-state index contributed by atoms with van der Waals surface area (Å²) in [5, 5.41) is 11.6. The Morgan fingerprint density at radius 2 is 2.19 bits per heavy atom. The summed E-state index contributed by atoms with van der Waals surface area (Å²) >= 11 is 6.18. The number of nitrogens with two attached hydrogens (primary N) is 1. The molecule has 0 spiro atoms. The maximum absolute atomic E-state index is 11.2. The Hall–Kier alpha value is -1.17. The third-order valence-electron chi connectivity index (χ3n) is 4.90. The minimum absolute atomic E-state index is 0.113. The van der Waals surface area contributed by atoms with Crippen molar-refractivity contribution in [2.24, 2.45) is 17.6 Å². The zero-order valence-corrected chi connectivity index (χ0v) is 12.6. The smallest absolute Gasteiger partial charge is 0.275 e. The Labute approximate surface area is 129 Å². The molecule has 1 aromatic carbocycles.